The highest BCUT2D eigenvalue weighted by atomic mass is 32.1. The van der Waals surface area contributed by atoms with E-state index in [1.165, 1.54) is 20.8 Å². The fraction of sp³-hybridized carbons (Fsp3) is 0.172. The van der Waals surface area contributed by atoms with Gasteiger partial charge in [0.25, 0.3) is 11.5 Å². The monoisotopic (exact) mass is 540 g/mol. The Bertz CT molecular complexity index is 1740. The molecule has 3 N–H and O–H groups in total. The summed E-state index contributed by atoms with van der Waals surface area (Å²) in [5.41, 5.74) is 8.39. The molecule has 2 amide bonds. The van der Waals surface area contributed by atoms with Crippen LogP contribution < -0.4 is 16.6 Å². The molecule has 1 aliphatic rings. The van der Waals surface area contributed by atoms with Crippen LogP contribution in [-0.4, -0.2) is 21.4 Å². The average Bonchev–Trinajstić information content (AvgIpc) is 3.53. The lowest BCUT2D eigenvalue weighted by molar-refractivity contribution is -0.116. The Labute approximate surface area is 226 Å². The van der Waals surface area contributed by atoms with Crippen LogP contribution in [0.3, 0.4) is 0 Å². The van der Waals surface area contributed by atoms with Crippen LogP contribution in [0.25, 0.3) is 32.0 Å². The second kappa shape index (κ2) is 10.00. The van der Waals surface area contributed by atoms with Crippen molar-refractivity contribution in [2.24, 2.45) is 5.73 Å². The summed E-state index contributed by atoms with van der Waals surface area (Å²) < 4.78 is 1.45. The average molecular weight is 541 g/mol. The highest BCUT2D eigenvalue weighted by Gasteiger charge is 2.24. The summed E-state index contributed by atoms with van der Waals surface area (Å²) in [6.07, 6.45) is 3.95. The van der Waals surface area contributed by atoms with Crippen molar-refractivity contribution in [3.63, 3.8) is 0 Å². The largest absolute Gasteiger partial charge is 0.366 e. The maximum absolute atomic E-state index is 13.9. The minimum absolute atomic E-state index is 0.213. The van der Waals surface area contributed by atoms with Crippen LogP contribution in [0.2, 0.25) is 0 Å². The maximum atomic E-state index is 13.9. The topological polar surface area (TPSA) is 107 Å². The van der Waals surface area contributed by atoms with Crippen LogP contribution in [0.5, 0.6) is 0 Å². The lowest BCUT2D eigenvalue weighted by atomic mass is 9.97. The number of nitrogens with zero attached hydrogens (tertiary/aromatic N) is 2. The van der Waals surface area contributed by atoms with Gasteiger partial charge >= 0.3 is 0 Å². The lowest BCUT2D eigenvalue weighted by Gasteiger charge is -2.14. The summed E-state index contributed by atoms with van der Waals surface area (Å²) in [7, 11) is 0. The van der Waals surface area contributed by atoms with Crippen LogP contribution in [0.15, 0.2) is 71.5 Å². The third-order valence-corrected chi connectivity index (χ3v) is 9.00. The number of rotatable bonds is 6. The third-order valence-electron chi connectivity index (χ3n) is 6.72. The molecule has 0 radical (unpaired) electrons. The molecule has 0 fully saturated rings. The molecule has 38 heavy (non-hydrogen) atoms. The molecule has 3 heterocycles. The van der Waals surface area contributed by atoms with E-state index in [2.05, 4.69) is 5.32 Å². The fourth-order valence-corrected chi connectivity index (χ4v) is 7.25. The van der Waals surface area contributed by atoms with Crippen LogP contribution in [0, 0.1) is 0 Å². The van der Waals surface area contributed by atoms with Crippen LogP contribution in [0.1, 0.15) is 33.6 Å². The molecule has 5 aromatic rings. The second-order valence-corrected chi connectivity index (χ2v) is 11.4. The van der Waals surface area contributed by atoms with E-state index >= 15 is 0 Å². The van der Waals surface area contributed by atoms with Crippen molar-refractivity contribution < 1.29 is 9.59 Å². The number of carbonyl (C=O) groups excluding carboxylic acids is 2. The molecule has 9 heteroatoms. The Kier molecular flexibility index (Phi) is 6.39. The van der Waals surface area contributed by atoms with E-state index in [-0.39, 0.29) is 17.7 Å². The number of nitrogens with one attached hydrogen (secondary N) is 1. The van der Waals surface area contributed by atoms with Crippen LogP contribution in [0.4, 0.5) is 5.00 Å². The summed E-state index contributed by atoms with van der Waals surface area (Å²) in [5.74, 6) is -0.615. The summed E-state index contributed by atoms with van der Waals surface area (Å²) in [4.78, 5) is 47.1. The number of aromatic nitrogens is 2. The Morgan fingerprint density at radius 3 is 2.34 bits per heavy atom. The Morgan fingerprint density at radius 2 is 1.63 bits per heavy atom. The molecule has 0 saturated carbocycles. The van der Waals surface area contributed by atoms with Crippen molar-refractivity contribution >= 4 is 49.7 Å². The van der Waals surface area contributed by atoms with Gasteiger partial charge in [0.05, 0.1) is 10.9 Å². The number of anilines is 1. The molecule has 1 aliphatic carbocycles. The zero-order valence-corrected chi connectivity index (χ0v) is 22.0. The predicted molar refractivity (Wildman–Crippen MR) is 153 cm³/mol. The zero-order chi connectivity index (χ0) is 26.2. The molecule has 6 rings (SSSR count). The summed E-state index contributed by atoms with van der Waals surface area (Å²) in [5, 5.41) is 3.82. The maximum Gasteiger partial charge on any atom is 0.263 e. The van der Waals surface area contributed by atoms with Crippen molar-refractivity contribution in [2.75, 3.05) is 5.32 Å². The van der Waals surface area contributed by atoms with E-state index in [0.29, 0.717) is 16.2 Å². The van der Waals surface area contributed by atoms with Crippen molar-refractivity contribution in [1.82, 2.24) is 9.55 Å². The summed E-state index contributed by atoms with van der Waals surface area (Å²) in [6, 6.07) is 20.7. The summed E-state index contributed by atoms with van der Waals surface area (Å²) in [6.45, 7) is -0.243. The van der Waals surface area contributed by atoms with Crippen LogP contribution in [-0.2, 0) is 24.2 Å². The van der Waals surface area contributed by atoms with Gasteiger partial charge in [-0.25, -0.2) is 4.98 Å². The predicted octanol–water partition coefficient (Wildman–Crippen LogP) is 5.47. The van der Waals surface area contributed by atoms with Gasteiger partial charge in [0.1, 0.15) is 22.2 Å². The van der Waals surface area contributed by atoms with Crippen LogP contribution >= 0.6 is 22.7 Å². The van der Waals surface area contributed by atoms with Gasteiger partial charge in [0.15, 0.2) is 0 Å². The van der Waals surface area contributed by atoms with Crippen molar-refractivity contribution in [3.8, 4) is 21.8 Å². The highest BCUT2D eigenvalue weighted by molar-refractivity contribution is 7.20. The molecular weight excluding hydrogens is 516 g/mol. The van der Waals surface area contributed by atoms with E-state index in [0.717, 1.165) is 52.1 Å². The van der Waals surface area contributed by atoms with Gasteiger partial charge in [0, 0.05) is 15.3 Å². The Balaban J connectivity index is 1.40. The van der Waals surface area contributed by atoms with Gasteiger partial charge < -0.3 is 11.1 Å². The number of amides is 2. The SMILES string of the molecule is NC(=O)c1cc(-c2ccccc2)sc1NC(=O)Cn1c(-c2ccccc2)nc2sc3c(c2c1=O)CCCC3. The van der Waals surface area contributed by atoms with Gasteiger partial charge in [-0.15, -0.1) is 22.7 Å². The molecule has 0 atom stereocenters. The Morgan fingerprint density at radius 1 is 0.947 bits per heavy atom. The van der Waals surface area contributed by atoms with Crippen molar-refractivity contribution in [1.29, 1.82) is 0 Å². The van der Waals surface area contributed by atoms with E-state index in [1.54, 1.807) is 17.4 Å². The Hall–Kier alpha value is -4.08. The number of aryl methyl sites for hydroxylation is 2. The first kappa shape index (κ1) is 24.3. The number of primary amides is 1. The quantitative estimate of drug-likeness (QED) is 0.298. The molecule has 0 aliphatic heterocycles. The van der Waals surface area contributed by atoms with Gasteiger partial charge in [0.2, 0.25) is 5.91 Å². The number of fused-ring (bicyclic) bond motifs is 3. The molecule has 0 unspecified atom stereocenters. The fourth-order valence-electron chi connectivity index (χ4n) is 4.91. The molecule has 7 nitrogen and oxygen atoms in total. The number of carbonyl (C=O) groups is 2. The first-order valence-electron chi connectivity index (χ1n) is 12.4. The normalized spacial score (nSPS) is 12.8. The van der Waals surface area contributed by atoms with Gasteiger partial charge in [-0.2, -0.15) is 0 Å². The van der Waals surface area contributed by atoms with E-state index in [1.807, 2.05) is 60.7 Å². The molecule has 0 saturated heterocycles. The van der Waals surface area contributed by atoms with E-state index in [9.17, 15) is 14.4 Å². The summed E-state index contributed by atoms with van der Waals surface area (Å²) >= 11 is 2.86. The molecule has 0 spiro atoms. The molecular formula is C29H24N4O3S2. The number of thiophene rings is 2. The standard InChI is InChI=1S/C29H24N4O3S2/c30-25(35)20-15-22(17-9-3-1-4-10-17)38-27(20)31-23(34)16-33-26(18-11-5-2-6-12-18)32-28-24(29(33)36)19-13-7-8-14-21(19)37-28/h1-6,9-12,15H,7-8,13-14,16H2,(H2,30,35)(H,31,34). The van der Waals surface area contributed by atoms with Crippen molar-refractivity contribution in [2.45, 2.75) is 32.2 Å². The molecule has 3 aromatic heterocycles. The second-order valence-electron chi connectivity index (χ2n) is 9.22. The van der Waals surface area contributed by atoms with Gasteiger partial charge in [-0.3, -0.25) is 19.0 Å². The number of benzene rings is 2. The highest BCUT2D eigenvalue weighted by Crippen LogP contribution is 2.36. The minimum atomic E-state index is -0.631. The first-order chi connectivity index (χ1) is 18.5. The molecule has 190 valence electrons. The smallest absolute Gasteiger partial charge is 0.263 e. The van der Waals surface area contributed by atoms with E-state index in [4.69, 9.17) is 10.7 Å². The van der Waals surface area contributed by atoms with Gasteiger partial charge in [-0.1, -0.05) is 60.7 Å². The lowest BCUT2D eigenvalue weighted by Crippen LogP contribution is -2.30. The first-order valence-corrected chi connectivity index (χ1v) is 14.0. The molecule has 0 bridgehead atoms. The van der Waals surface area contributed by atoms with E-state index < -0.39 is 11.8 Å². The van der Waals surface area contributed by atoms with Gasteiger partial charge in [-0.05, 0) is 42.9 Å². The number of hydrogen-bond donors (Lipinski definition) is 2. The number of nitrogens with two attached hydrogens (primary N) is 1. The van der Waals surface area contributed by atoms with Crippen molar-refractivity contribution in [3.05, 3.63) is 93.1 Å². The molecule has 2 aromatic carbocycles. The number of hydrogen-bond acceptors (Lipinski definition) is 6. The third kappa shape index (κ3) is 4.44. The minimum Gasteiger partial charge on any atom is -0.366 e. The zero-order valence-electron chi connectivity index (χ0n) is 20.4.